The molecule has 0 unspecified atom stereocenters. The summed E-state index contributed by atoms with van der Waals surface area (Å²) in [6.45, 7) is 0.118. The van der Waals surface area contributed by atoms with Crippen molar-refractivity contribution in [2.75, 3.05) is 11.4 Å². The van der Waals surface area contributed by atoms with Crippen molar-refractivity contribution in [2.24, 2.45) is 5.73 Å². The molecule has 0 aliphatic heterocycles. The van der Waals surface area contributed by atoms with Crippen molar-refractivity contribution in [3.8, 4) is 0 Å². The molecule has 1 aliphatic carbocycles. The van der Waals surface area contributed by atoms with Crippen molar-refractivity contribution in [3.05, 3.63) is 28.8 Å². The number of benzene rings is 1. The molecule has 20 heavy (non-hydrogen) atoms. The number of carboxylic acid groups (broad SMARTS) is 1. The Bertz CT molecular complexity index is 527. The Labute approximate surface area is 122 Å². The van der Waals surface area contributed by atoms with E-state index in [-0.39, 0.29) is 23.2 Å². The van der Waals surface area contributed by atoms with Crippen molar-refractivity contribution in [1.82, 2.24) is 0 Å². The van der Waals surface area contributed by atoms with E-state index in [0.717, 1.165) is 31.4 Å². The standard InChI is InChI=1S/C14H17ClN2O3/c15-12-7-10(5-6-11(12)14(19)20)17(8-13(16)18)9-3-1-2-4-9/h5-7,9H,1-4,8H2,(H2,16,18)(H,19,20). The topological polar surface area (TPSA) is 83.6 Å². The first kappa shape index (κ1) is 14.7. The summed E-state index contributed by atoms with van der Waals surface area (Å²) in [6.07, 6.45) is 4.26. The molecule has 5 nitrogen and oxygen atoms in total. The lowest BCUT2D eigenvalue weighted by Gasteiger charge is -2.30. The minimum atomic E-state index is -1.07. The van der Waals surface area contributed by atoms with E-state index in [9.17, 15) is 9.59 Å². The molecular formula is C14H17ClN2O3. The molecule has 6 heteroatoms. The molecule has 0 heterocycles. The molecule has 2 rings (SSSR count). The predicted octanol–water partition coefficient (Wildman–Crippen LogP) is 2.27. The fourth-order valence-electron chi connectivity index (χ4n) is 2.67. The van der Waals surface area contributed by atoms with Gasteiger partial charge in [0.2, 0.25) is 5.91 Å². The Hall–Kier alpha value is -1.75. The number of carbonyl (C=O) groups is 2. The van der Waals surface area contributed by atoms with Gasteiger partial charge in [-0.1, -0.05) is 24.4 Å². The number of carbonyl (C=O) groups excluding carboxylic acids is 1. The van der Waals surface area contributed by atoms with Crippen molar-refractivity contribution in [2.45, 2.75) is 31.7 Å². The molecule has 1 amide bonds. The maximum Gasteiger partial charge on any atom is 0.337 e. The maximum atomic E-state index is 11.3. The number of nitrogens with two attached hydrogens (primary N) is 1. The van der Waals surface area contributed by atoms with Crippen LogP contribution in [0.1, 0.15) is 36.0 Å². The number of amides is 1. The summed E-state index contributed by atoms with van der Waals surface area (Å²) in [7, 11) is 0. The summed E-state index contributed by atoms with van der Waals surface area (Å²) in [5, 5.41) is 9.15. The highest BCUT2D eigenvalue weighted by Gasteiger charge is 2.25. The van der Waals surface area contributed by atoms with Crippen molar-refractivity contribution in [1.29, 1.82) is 0 Å². The SMILES string of the molecule is NC(=O)CN(c1ccc(C(=O)O)c(Cl)c1)C1CCCC1. The second-order valence-corrected chi connectivity index (χ2v) is 5.41. The van der Waals surface area contributed by atoms with Crippen LogP contribution in [0.3, 0.4) is 0 Å². The number of halogens is 1. The van der Waals surface area contributed by atoms with Gasteiger partial charge in [-0.25, -0.2) is 4.79 Å². The third-order valence-corrected chi connectivity index (χ3v) is 3.92. The molecule has 1 aromatic rings. The summed E-state index contributed by atoms with van der Waals surface area (Å²) in [5.74, 6) is -1.47. The highest BCUT2D eigenvalue weighted by atomic mass is 35.5. The van der Waals surface area contributed by atoms with Crippen LogP contribution in [-0.4, -0.2) is 29.6 Å². The lowest BCUT2D eigenvalue weighted by atomic mass is 10.1. The van der Waals surface area contributed by atoms with Gasteiger partial charge in [0.25, 0.3) is 0 Å². The second-order valence-electron chi connectivity index (χ2n) is 5.00. The Kier molecular flexibility index (Phi) is 4.49. The molecule has 0 radical (unpaired) electrons. The number of hydrogen-bond donors (Lipinski definition) is 2. The first-order chi connectivity index (χ1) is 9.49. The molecule has 1 aliphatic rings. The Morgan fingerprint density at radius 2 is 2.00 bits per heavy atom. The third kappa shape index (κ3) is 3.22. The normalized spacial score (nSPS) is 15.2. The fraction of sp³-hybridized carbons (Fsp3) is 0.429. The number of anilines is 1. The summed E-state index contributed by atoms with van der Waals surface area (Å²) < 4.78 is 0. The van der Waals surface area contributed by atoms with E-state index < -0.39 is 11.9 Å². The zero-order valence-corrected chi connectivity index (χ0v) is 11.8. The zero-order valence-electron chi connectivity index (χ0n) is 11.0. The monoisotopic (exact) mass is 296 g/mol. The number of nitrogens with zero attached hydrogens (tertiary/aromatic N) is 1. The molecule has 108 valence electrons. The molecule has 1 saturated carbocycles. The van der Waals surface area contributed by atoms with Gasteiger partial charge < -0.3 is 15.7 Å². The van der Waals surface area contributed by atoms with Crippen LogP contribution < -0.4 is 10.6 Å². The number of aromatic carboxylic acids is 1. The van der Waals surface area contributed by atoms with Crippen molar-refractivity contribution >= 4 is 29.2 Å². The summed E-state index contributed by atoms with van der Waals surface area (Å²) in [6, 6.07) is 4.99. The average Bonchev–Trinajstić information content (AvgIpc) is 2.88. The van der Waals surface area contributed by atoms with Crippen LogP contribution in [0.5, 0.6) is 0 Å². The largest absolute Gasteiger partial charge is 0.478 e. The van der Waals surface area contributed by atoms with Gasteiger partial charge in [0.1, 0.15) is 0 Å². The quantitative estimate of drug-likeness (QED) is 0.873. The van der Waals surface area contributed by atoms with Gasteiger partial charge >= 0.3 is 5.97 Å². The Morgan fingerprint density at radius 3 is 2.50 bits per heavy atom. The molecule has 1 fully saturated rings. The highest BCUT2D eigenvalue weighted by Crippen LogP contribution is 2.30. The van der Waals surface area contributed by atoms with Gasteiger partial charge in [-0.2, -0.15) is 0 Å². The zero-order chi connectivity index (χ0) is 14.7. The van der Waals surface area contributed by atoms with E-state index >= 15 is 0 Å². The third-order valence-electron chi connectivity index (χ3n) is 3.61. The smallest absolute Gasteiger partial charge is 0.337 e. The molecule has 0 aromatic heterocycles. The summed E-state index contributed by atoms with van der Waals surface area (Å²) in [4.78, 5) is 24.1. The molecular weight excluding hydrogens is 280 g/mol. The van der Waals surface area contributed by atoms with E-state index in [4.69, 9.17) is 22.4 Å². The second kappa shape index (κ2) is 6.13. The van der Waals surface area contributed by atoms with E-state index in [2.05, 4.69) is 0 Å². The number of primary amides is 1. The summed E-state index contributed by atoms with van der Waals surface area (Å²) in [5.41, 5.74) is 6.10. The number of carboxylic acids is 1. The van der Waals surface area contributed by atoms with Crippen LogP contribution in [-0.2, 0) is 4.79 Å². The van der Waals surface area contributed by atoms with Crippen LogP contribution in [0.15, 0.2) is 18.2 Å². The molecule has 0 spiro atoms. The van der Waals surface area contributed by atoms with E-state index in [1.807, 2.05) is 4.90 Å². The highest BCUT2D eigenvalue weighted by molar-refractivity contribution is 6.33. The molecule has 0 saturated heterocycles. The minimum absolute atomic E-state index is 0.0564. The van der Waals surface area contributed by atoms with Crippen LogP contribution >= 0.6 is 11.6 Å². The first-order valence-electron chi connectivity index (χ1n) is 6.57. The molecule has 0 bridgehead atoms. The lowest BCUT2D eigenvalue weighted by Crippen LogP contribution is -2.40. The van der Waals surface area contributed by atoms with Gasteiger partial charge in [-0.3, -0.25) is 4.79 Å². The van der Waals surface area contributed by atoms with Gasteiger partial charge in [0, 0.05) is 11.7 Å². The van der Waals surface area contributed by atoms with Gasteiger partial charge in [-0.05, 0) is 31.0 Å². The van der Waals surface area contributed by atoms with Crippen LogP contribution in [0, 0.1) is 0 Å². The van der Waals surface area contributed by atoms with Gasteiger partial charge in [-0.15, -0.1) is 0 Å². The van der Waals surface area contributed by atoms with Gasteiger partial charge in [0.05, 0.1) is 17.1 Å². The maximum absolute atomic E-state index is 11.3. The first-order valence-corrected chi connectivity index (χ1v) is 6.94. The number of rotatable bonds is 5. The lowest BCUT2D eigenvalue weighted by molar-refractivity contribution is -0.116. The summed E-state index contributed by atoms with van der Waals surface area (Å²) >= 11 is 5.99. The number of hydrogen-bond acceptors (Lipinski definition) is 3. The predicted molar refractivity (Wildman–Crippen MR) is 77.2 cm³/mol. The molecule has 3 N–H and O–H groups in total. The molecule has 0 atom stereocenters. The van der Waals surface area contributed by atoms with E-state index in [1.54, 1.807) is 12.1 Å². The Balaban J connectivity index is 2.30. The van der Waals surface area contributed by atoms with Crippen LogP contribution in [0.4, 0.5) is 5.69 Å². The van der Waals surface area contributed by atoms with Crippen LogP contribution in [0.2, 0.25) is 5.02 Å². The fourth-order valence-corrected chi connectivity index (χ4v) is 2.93. The minimum Gasteiger partial charge on any atom is -0.478 e. The molecule has 1 aromatic carbocycles. The van der Waals surface area contributed by atoms with E-state index in [1.165, 1.54) is 6.07 Å². The van der Waals surface area contributed by atoms with Crippen LogP contribution in [0.25, 0.3) is 0 Å². The van der Waals surface area contributed by atoms with Crippen molar-refractivity contribution < 1.29 is 14.7 Å². The van der Waals surface area contributed by atoms with Gasteiger partial charge in [0.15, 0.2) is 0 Å². The average molecular weight is 297 g/mol. The van der Waals surface area contributed by atoms with E-state index in [0.29, 0.717) is 0 Å². The van der Waals surface area contributed by atoms with Crippen molar-refractivity contribution in [3.63, 3.8) is 0 Å². The Morgan fingerprint density at radius 1 is 1.35 bits per heavy atom.